The number of hydrogen-bond donors (Lipinski definition) is 0. The number of esters is 1. The van der Waals surface area contributed by atoms with Gasteiger partial charge in [0.15, 0.2) is 0 Å². The van der Waals surface area contributed by atoms with Crippen LogP contribution in [0.1, 0.15) is 33.1 Å². The fourth-order valence-corrected chi connectivity index (χ4v) is 2.64. The second-order valence-corrected chi connectivity index (χ2v) is 4.34. The van der Waals surface area contributed by atoms with E-state index in [1.807, 2.05) is 0 Å². The molecule has 0 N–H and O–H groups in total. The molecule has 0 amide bonds. The zero-order valence-electron chi connectivity index (χ0n) is 8.25. The largest absolute Gasteiger partial charge is 0.434 e. The fraction of sp³-hybridized carbons (Fsp3) is 0.727. The van der Waals surface area contributed by atoms with Gasteiger partial charge in [-0.2, -0.15) is 0 Å². The summed E-state index contributed by atoms with van der Waals surface area (Å²) in [7, 11) is 0. The van der Waals surface area contributed by atoms with Crippen LogP contribution >= 0.6 is 0 Å². The summed E-state index contributed by atoms with van der Waals surface area (Å²) < 4.78 is 5.03. The van der Waals surface area contributed by atoms with E-state index in [2.05, 4.69) is 13.8 Å². The number of carbonyl (C=O) groups excluding carboxylic acids is 1. The first kappa shape index (κ1) is 8.79. The Hall–Kier alpha value is -0.790. The van der Waals surface area contributed by atoms with Crippen LogP contribution in [0.2, 0.25) is 0 Å². The number of fused-ring (bicyclic) bond motifs is 1. The van der Waals surface area contributed by atoms with Crippen LogP contribution in [0.3, 0.4) is 0 Å². The highest BCUT2D eigenvalue weighted by molar-refractivity contribution is 5.75. The van der Waals surface area contributed by atoms with Crippen molar-refractivity contribution in [1.82, 2.24) is 0 Å². The third kappa shape index (κ3) is 1.38. The van der Waals surface area contributed by atoms with Crippen LogP contribution in [0.15, 0.2) is 11.8 Å². The lowest BCUT2D eigenvalue weighted by Crippen LogP contribution is -2.37. The van der Waals surface area contributed by atoms with Crippen molar-refractivity contribution in [3.8, 4) is 0 Å². The fourth-order valence-electron chi connectivity index (χ4n) is 2.64. The number of allylic oxidation sites excluding steroid dienone is 1. The van der Waals surface area contributed by atoms with Crippen LogP contribution in [-0.4, -0.2) is 5.97 Å². The van der Waals surface area contributed by atoms with Crippen molar-refractivity contribution in [2.45, 2.75) is 33.1 Å². The summed E-state index contributed by atoms with van der Waals surface area (Å²) in [6.07, 6.45) is 5.22. The van der Waals surface area contributed by atoms with Gasteiger partial charge in [0.05, 0.1) is 12.2 Å². The van der Waals surface area contributed by atoms with Crippen molar-refractivity contribution in [3.63, 3.8) is 0 Å². The van der Waals surface area contributed by atoms with E-state index < -0.39 is 0 Å². The predicted molar refractivity (Wildman–Crippen MR) is 49.8 cm³/mol. The van der Waals surface area contributed by atoms with Gasteiger partial charge in [-0.1, -0.05) is 13.3 Å². The molecule has 0 aromatic carbocycles. The molecule has 0 saturated heterocycles. The highest BCUT2D eigenvalue weighted by Crippen LogP contribution is 2.41. The molecule has 0 bridgehead atoms. The van der Waals surface area contributed by atoms with E-state index in [0.717, 1.165) is 6.42 Å². The molecule has 2 rings (SSSR count). The van der Waals surface area contributed by atoms with E-state index in [-0.39, 0.29) is 11.9 Å². The zero-order valence-corrected chi connectivity index (χ0v) is 8.25. The SMILES string of the molecule is CC1=COC(=O)C2C(C)CCCC12. The Morgan fingerprint density at radius 3 is 2.92 bits per heavy atom. The molecule has 3 atom stereocenters. The second kappa shape index (κ2) is 3.17. The molecular weight excluding hydrogens is 164 g/mol. The second-order valence-electron chi connectivity index (χ2n) is 4.34. The van der Waals surface area contributed by atoms with Crippen molar-refractivity contribution in [2.75, 3.05) is 0 Å². The predicted octanol–water partition coefficient (Wildman–Crippen LogP) is 2.50. The molecule has 1 aliphatic carbocycles. The van der Waals surface area contributed by atoms with Gasteiger partial charge in [-0.15, -0.1) is 0 Å². The molecule has 2 nitrogen and oxygen atoms in total. The smallest absolute Gasteiger partial charge is 0.314 e. The highest BCUT2D eigenvalue weighted by atomic mass is 16.5. The van der Waals surface area contributed by atoms with Crippen molar-refractivity contribution in [3.05, 3.63) is 11.8 Å². The highest BCUT2D eigenvalue weighted by Gasteiger charge is 2.40. The van der Waals surface area contributed by atoms with Crippen LogP contribution in [0, 0.1) is 17.8 Å². The first-order valence-corrected chi connectivity index (χ1v) is 5.07. The number of rotatable bonds is 0. The van der Waals surface area contributed by atoms with Gasteiger partial charge in [0, 0.05) is 0 Å². The van der Waals surface area contributed by atoms with Crippen LogP contribution in [-0.2, 0) is 9.53 Å². The molecule has 1 fully saturated rings. The molecule has 0 aromatic rings. The lowest BCUT2D eigenvalue weighted by molar-refractivity contribution is -0.149. The maximum absolute atomic E-state index is 11.5. The van der Waals surface area contributed by atoms with Crippen LogP contribution in [0.25, 0.3) is 0 Å². The van der Waals surface area contributed by atoms with Gasteiger partial charge in [0.25, 0.3) is 0 Å². The summed E-state index contributed by atoms with van der Waals surface area (Å²) in [5.41, 5.74) is 1.25. The Morgan fingerprint density at radius 2 is 2.23 bits per heavy atom. The van der Waals surface area contributed by atoms with E-state index in [9.17, 15) is 4.79 Å². The minimum absolute atomic E-state index is 0.0113. The Morgan fingerprint density at radius 1 is 1.46 bits per heavy atom. The Bertz CT molecular complexity index is 255. The van der Waals surface area contributed by atoms with E-state index in [0.29, 0.717) is 11.8 Å². The number of ether oxygens (including phenoxy) is 1. The van der Waals surface area contributed by atoms with Gasteiger partial charge >= 0.3 is 5.97 Å². The number of cyclic esters (lactones) is 1. The average molecular weight is 180 g/mol. The summed E-state index contributed by atoms with van der Waals surface area (Å²) in [5.74, 6) is 1.08. The maximum atomic E-state index is 11.5. The van der Waals surface area contributed by atoms with Gasteiger partial charge in [-0.05, 0) is 37.2 Å². The summed E-state index contributed by atoms with van der Waals surface area (Å²) in [5, 5.41) is 0. The van der Waals surface area contributed by atoms with Crippen molar-refractivity contribution in [2.24, 2.45) is 17.8 Å². The first-order chi connectivity index (χ1) is 6.20. The van der Waals surface area contributed by atoms with Gasteiger partial charge < -0.3 is 4.74 Å². The topological polar surface area (TPSA) is 26.3 Å². The summed E-state index contributed by atoms with van der Waals surface area (Å²) in [4.78, 5) is 11.5. The molecule has 1 aliphatic heterocycles. The summed E-state index contributed by atoms with van der Waals surface area (Å²) in [6, 6.07) is 0. The Labute approximate surface area is 79.0 Å². The van der Waals surface area contributed by atoms with E-state index >= 15 is 0 Å². The molecule has 3 unspecified atom stereocenters. The minimum atomic E-state index is -0.0113. The number of hydrogen-bond acceptors (Lipinski definition) is 2. The number of carbonyl (C=O) groups is 1. The molecule has 2 aliphatic rings. The minimum Gasteiger partial charge on any atom is -0.434 e. The van der Waals surface area contributed by atoms with Crippen LogP contribution < -0.4 is 0 Å². The van der Waals surface area contributed by atoms with Gasteiger partial charge in [0.2, 0.25) is 0 Å². The molecule has 0 radical (unpaired) electrons. The average Bonchev–Trinajstić information content (AvgIpc) is 2.12. The van der Waals surface area contributed by atoms with Gasteiger partial charge in [0.1, 0.15) is 0 Å². The molecule has 0 spiro atoms. The molecule has 13 heavy (non-hydrogen) atoms. The third-order valence-corrected chi connectivity index (χ3v) is 3.44. The maximum Gasteiger partial charge on any atom is 0.314 e. The summed E-state index contributed by atoms with van der Waals surface area (Å²) in [6.45, 7) is 4.23. The zero-order chi connectivity index (χ0) is 9.42. The molecule has 1 heterocycles. The van der Waals surface area contributed by atoms with Crippen LogP contribution in [0.5, 0.6) is 0 Å². The standard InChI is InChI=1S/C11H16O2/c1-7-4-3-5-9-8(2)6-13-11(12)10(7)9/h6-7,9-10H,3-5H2,1-2H3. The Balaban J connectivity index is 2.27. The third-order valence-electron chi connectivity index (χ3n) is 3.44. The van der Waals surface area contributed by atoms with Crippen molar-refractivity contribution in [1.29, 1.82) is 0 Å². The van der Waals surface area contributed by atoms with E-state index in [1.54, 1.807) is 6.26 Å². The van der Waals surface area contributed by atoms with Crippen LogP contribution in [0.4, 0.5) is 0 Å². The van der Waals surface area contributed by atoms with Gasteiger partial charge in [-0.25, -0.2) is 0 Å². The van der Waals surface area contributed by atoms with E-state index in [1.165, 1.54) is 18.4 Å². The van der Waals surface area contributed by atoms with Crippen molar-refractivity contribution >= 4 is 5.97 Å². The monoisotopic (exact) mass is 180 g/mol. The quantitative estimate of drug-likeness (QED) is 0.535. The molecule has 0 aromatic heterocycles. The van der Waals surface area contributed by atoms with Gasteiger partial charge in [-0.3, -0.25) is 4.79 Å². The molecular formula is C11H16O2. The lowest BCUT2D eigenvalue weighted by Gasteiger charge is -2.37. The lowest BCUT2D eigenvalue weighted by atomic mass is 9.69. The summed E-state index contributed by atoms with van der Waals surface area (Å²) >= 11 is 0. The Kier molecular flexibility index (Phi) is 2.14. The van der Waals surface area contributed by atoms with E-state index in [4.69, 9.17) is 4.74 Å². The molecule has 72 valence electrons. The normalized spacial score (nSPS) is 39.1. The molecule has 1 saturated carbocycles. The first-order valence-electron chi connectivity index (χ1n) is 5.07. The molecule has 2 heteroatoms. The van der Waals surface area contributed by atoms with Crippen molar-refractivity contribution < 1.29 is 9.53 Å².